The van der Waals surface area contributed by atoms with Crippen molar-refractivity contribution in [3.63, 3.8) is 0 Å². The molecular formula is C14H15NO2S. The third kappa shape index (κ3) is 3.67. The van der Waals surface area contributed by atoms with E-state index in [2.05, 4.69) is 17.9 Å². The first-order valence-electron chi connectivity index (χ1n) is 5.76. The smallest absolute Gasteiger partial charge is 0.233 e. The first-order valence-corrected chi connectivity index (χ1v) is 6.28. The van der Waals surface area contributed by atoms with Crippen LogP contribution >= 0.6 is 12.6 Å². The van der Waals surface area contributed by atoms with Crippen LogP contribution in [0.5, 0.6) is 0 Å². The largest absolute Gasteiger partial charge is 0.472 e. The van der Waals surface area contributed by atoms with E-state index >= 15 is 0 Å². The van der Waals surface area contributed by atoms with E-state index in [1.54, 1.807) is 12.5 Å². The van der Waals surface area contributed by atoms with Crippen LogP contribution in [0.15, 0.2) is 53.3 Å². The van der Waals surface area contributed by atoms with Crippen molar-refractivity contribution in [2.75, 3.05) is 0 Å². The average molecular weight is 261 g/mol. The summed E-state index contributed by atoms with van der Waals surface area (Å²) < 4.78 is 4.93. The van der Waals surface area contributed by atoms with Gasteiger partial charge in [0.25, 0.3) is 0 Å². The number of carbonyl (C=O) groups is 1. The van der Waals surface area contributed by atoms with Gasteiger partial charge in [-0.15, -0.1) is 0 Å². The highest BCUT2D eigenvalue weighted by Gasteiger charge is 2.14. The predicted molar refractivity (Wildman–Crippen MR) is 73.5 cm³/mol. The van der Waals surface area contributed by atoms with Gasteiger partial charge in [0.2, 0.25) is 5.91 Å². The normalized spacial score (nSPS) is 12.1. The first kappa shape index (κ1) is 12.8. The monoisotopic (exact) mass is 261 g/mol. The average Bonchev–Trinajstić information content (AvgIpc) is 2.90. The summed E-state index contributed by atoms with van der Waals surface area (Å²) in [6.07, 6.45) is 3.83. The molecule has 1 heterocycles. The maximum Gasteiger partial charge on any atom is 0.233 e. The minimum atomic E-state index is -0.334. The van der Waals surface area contributed by atoms with E-state index < -0.39 is 0 Å². The second-order valence-corrected chi connectivity index (χ2v) is 4.68. The standard InChI is InChI=1S/C14H15NO2S/c16-14(15-9-12-6-7-17-10-12)13(18)8-11-4-2-1-3-5-11/h1-7,10,13,18H,8-9H2,(H,15,16). The molecule has 2 aromatic rings. The van der Waals surface area contributed by atoms with E-state index in [-0.39, 0.29) is 11.2 Å². The minimum Gasteiger partial charge on any atom is -0.472 e. The number of carbonyl (C=O) groups excluding carboxylic acids is 1. The van der Waals surface area contributed by atoms with Gasteiger partial charge in [-0.3, -0.25) is 4.79 Å². The minimum absolute atomic E-state index is 0.0663. The van der Waals surface area contributed by atoms with Crippen molar-refractivity contribution in [1.82, 2.24) is 5.32 Å². The van der Waals surface area contributed by atoms with Gasteiger partial charge in [-0.2, -0.15) is 12.6 Å². The van der Waals surface area contributed by atoms with Crippen LogP contribution in [-0.4, -0.2) is 11.2 Å². The SMILES string of the molecule is O=C(NCc1ccoc1)C(S)Cc1ccccc1. The number of thiol groups is 1. The Bertz CT molecular complexity index is 482. The fourth-order valence-corrected chi connectivity index (χ4v) is 1.93. The Balaban J connectivity index is 1.82. The highest BCUT2D eigenvalue weighted by molar-refractivity contribution is 7.81. The Morgan fingerprint density at radius 1 is 1.22 bits per heavy atom. The molecule has 94 valence electrons. The number of furan rings is 1. The molecule has 1 atom stereocenters. The molecule has 1 unspecified atom stereocenters. The summed E-state index contributed by atoms with van der Waals surface area (Å²) in [6.45, 7) is 0.473. The molecule has 2 rings (SSSR count). The molecule has 0 aliphatic rings. The molecule has 1 aromatic carbocycles. The van der Waals surface area contributed by atoms with E-state index in [9.17, 15) is 4.79 Å². The molecule has 0 fully saturated rings. The van der Waals surface area contributed by atoms with E-state index in [0.717, 1.165) is 11.1 Å². The van der Waals surface area contributed by atoms with Crippen LogP contribution in [0.4, 0.5) is 0 Å². The molecule has 3 nitrogen and oxygen atoms in total. The molecular weight excluding hydrogens is 246 g/mol. The van der Waals surface area contributed by atoms with Gasteiger partial charge in [0.1, 0.15) is 0 Å². The zero-order valence-corrected chi connectivity index (χ0v) is 10.8. The van der Waals surface area contributed by atoms with E-state index in [4.69, 9.17) is 4.42 Å². The van der Waals surface area contributed by atoms with Crippen LogP contribution in [-0.2, 0) is 17.8 Å². The second kappa shape index (κ2) is 6.31. The van der Waals surface area contributed by atoms with Gasteiger partial charge < -0.3 is 9.73 Å². The number of hydrogen-bond donors (Lipinski definition) is 2. The van der Waals surface area contributed by atoms with Crippen LogP contribution in [0.1, 0.15) is 11.1 Å². The maximum atomic E-state index is 11.8. The van der Waals surface area contributed by atoms with E-state index in [1.807, 2.05) is 36.4 Å². The van der Waals surface area contributed by atoms with Crippen LogP contribution < -0.4 is 5.32 Å². The Morgan fingerprint density at radius 3 is 2.67 bits per heavy atom. The van der Waals surface area contributed by atoms with Crippen LogP contribution in [0.3, 0.4) is 0 Å². The van der Waals surface area contributed by atoms with Gasteiger partial charge in [-0.05, 0) is 18.1 Å². The van der Waals surface area contributed by atoms with Crippen molar-refractivity contribution in [1.29, 1.82) is 0 Å². The lowest BCUT2D eigenvalue weighted by Crippen LogP contribution is -2.32. The molecule has 0 spiro atoms. The molecule has 0 saturated heterocycles. The number of nitrogens with one attached hydrogen (secondary N) is 1. The molecule has 18 heavy (non-hydrogen) atoms. The van der Waals surface area contributed by atoms with Gasteiger partial charge in [0.15, 0.2) is 0 Å². The fraction of sp³-hybridized carbons (Fsp3) is 0.214. The third-order valence-corrected chi connectivity index (χ3v) is 3.04. The molecule has 4 heteroatoms. The summed E-state index contributed by atoms with van der Waals surface area (Å²) in [6, 6.07) is 11.7. The highest BCUT2D eigenvalue weighted by atomic mass is 32.1. The number of hydrogen-bond acceptors (Lipinski definition) is 3. The molecule has 0 saturated carbocycles. The highest BCUT2D eigenvalue weighted by Crippen LogP contribution is 2.08. The Hall–Kier alpha value is -1.68. The zero-order chi connectivity index (χ0) is 12.8. The Morgan fingerprint density at radius 2 is 2.00 bits per heavy atom. The van der Waals surface area contributed by atoms with Crippen molar-refractivity contribution < 1.29 is 9.21 Å². The second-order valence-electron chi connectivity index (χ2n) is 4.05. The molecule has 0 aliphatic heterocycles. The van der Waals surface area contributed by atoms with Gasteiger partial charge in [0, 0.05) is 12.1 Å². The summed E-state index contributed by atoms with van der Waals surface area (Å²) in [5, 5.41) is 2.50. The third-order valence-electron chi connectivity index (χ3n) is 2.62. The number of benzene rings is 1. The lowest BCUT2D eigenvalue weighted by molar-refractivity contribution is -0.120. The van der Waals surface area contributed by atoms with Gasteiger partial charge >= 0.3 is 0 Å². The van der Waals surface area contributed by atoms with Crippen molar-refractivity contribution >= 4 is 18.5 Å². The summed E-state index contributed by atoms with van der Waals surface area (Å²) >= 11 is 4.33. The maximum absolute atomic E-state index is 11.8. The van der Waals surface area contributed by atoms with Crippen molar-refractivity contribution in [2.24, 2.45) is 0 Å². The first-order chi connectivity index (χ1) is 8.75. The summed E-state index contributed by atoms with van der Waals surface area (Å²) in [4.78, 5) is 11.8. The van der Waals surface area contributed by atoms with Crippen molar-refractivity contribution in [3.8, 4) is 0 Å². The van der Waals surface area contributed by atoms with Gasteiger partial charge in [-0.25, -0.2) is 0 Å². The molecule has 1 aromatic heterocycles. The fourth-order valence-electron chi connectivity index (χ4n) is 1.63. The number of amides is 1. The number of rotatable bonds is 5. The van der Waals surface area contributed by atoms with E-state index in [0.29, 0.717) is 13.0 Å². The predicted octanol–water partition coefficient (Wildman–Crippen LogP) is 2.44. The van der Waals surface area contributed by atoms with Gasteiger partial charge in [0.05, 0.1) is 17.8 Å². The summed E-state index contributed by atoms with van der Waals surface area (Å²) in [5.41, 5.74) is 2.06. The topological polar surface area (TPSA) is 42.2 Å². The molecule has 1 amide bonds. The zero-order valence-electron chi connectivity index (χ0n) is 9.87. The summed E-state index contributed by atoms with van der Waals surface area (Å²) in [5.74, 6) is -0.0663. The van der Waals surface area contributed by atoms with Crippen LogP contribution in [0.25, 0.3) is 0 Å². The Labute approximate surface area is 112 Å². The quantitative estimate of drug-likeness (QED) is 0.812. The van der Waals surface area contributed by atoms with Gasteiger partial charge in [-0.1, -0.05) is 30.3 Å². The summed E-state index contributed by atoms with van der Waals surface area (Å²) in [7, 11) is 0. The van der Waals surface area contributed by atoms with Crippen LogP contribution in [0.2, 0.25) is 0 Å². The van der Waals surface area contributed by atoms with Crippen molar-refractivity contribution in [3.05, 3.63) is 60.1 Å². The Kier molecular flexibility index (Phi) is 4.47. The molecule has 0 aliphatic carbocycles. The van der Waals surface area contributed by atoms with Crippen molar-refractivity contribution in [2.45, 2.75) is 18.2 Å². The van der Waals surface area contributed by atoms with E-state index in [1.165, 1.54) is 0 Å². The molecule has 1 N–H and O–H groups in total. The lowest BCUT2D eigenvalue weighted by atomic mass is 10.1. The lowest BCUT2D eigenvalue weighted by Gasteiger charge is -2.10. The molecule has 0 bridgehead atoms. The van der Waals surface area contributed by atoms with Crippen LogP contribution in [0, 0.1) is 0 Å². The molecule has 0 radical (unpaired) electrons.